The third kappa shape index (κ3) is 8.01. The van der Waals surface area contributed by atoms with Crippen LogP contribution in [-0.4, -0.2) is 30.2 Å². The van der Waals surface area contributed by atoms with E-state index in [1.54, 1.807) is 7.11 Å². The van der Waals surface area contributed by atoms with Crippen molar-refractivity contribution in [2.24, 2.45) is 0 Å². The van der Waals surface area contributed by atoms with Gasteiger partial charge in [-0.05, 0) is 54.2 Å². The van der Waals surface area contributed by atoms with Crippen molar-refractivity contribution in [3.8, 4) is 16.9 Å². The second-order valence-electron chi connectivity index (χ2n) is 6.28. The van der Waals surface area contributed by atoms with Crippen LogP contribution in [0.1, 0.15) is 58.4 Å². The summed E-state index contributed by atoms with van der Waals surface area (Å²) in [4.78, 5) is 12.0. The van der Waals surface area contributed by atoms with Crippen molar-refractivity contribution in [2.75, 3.05) is 24.4 Å². The molecule has 0 bridgehead atoms. The molecule has 1 aromatic rings. The number of benzene rings is 1. The molecule has 1 aromatic carbocycles. The van der Waals surface area contributed by atoms with E-state index in [-0.39, 0.29) is 0 Å². The van der Waals surface area contributed by atoms with Crippen molar-refractivity contribution in [3.05, 3.63) is 29.8 Å². The molecule has 0 saturated carbocycles. The molecule has 140 valence electrons. The van der Waals surface area contributed by atoms with Gasteiger partial charge >= 0.3 is 0 Å². The molecule has 0 fully saturated rings. The Labute approximate surface area is 156 Å². The number of carbonyl (C=O) groups is 1. The summed E-state index contributed by atoms with van der Waals surface area (Å²) in [5.74, 6) is 8.22. The highest BCUT2D eigenvalue weighted by Gasteiger charge is 2.13. The SMILES string of the molecule is CCS(C#CCCCCC(=O)CCc1ccc(OC)cc1)(CC)CC. The zero-order valence-corrected chi connectivity index (χ0v) is 17.2. The van der Waals surface area contributed by atoms with Crippen molar-refractivity contribution < 1.29 is 9.53 Å². The van der Waals surface area contributed by atoms with E-state index in [9.17, 15) is 4.79 Å². The summed E-state index contributed by atoms with van der Waals surface area (Å²) in [5.41, 5.74) is 1.19. The van der Waals surface area contributed by atoms with E-state index in [1.807, 2.05) is 24.3 Å². The fourth-order valence-electron chi connectivity index (χ4n) is 2.77. The minimum atomic E-state index is -0.695. The normalized spacial score (nSPS) is 11.5. The summed E-state index contributed by atoms with van der Waals surface area (Å²) in [7, 11) is 0.969. The molecule has 0 amide bonds. The lowest BCUT2D eigenvalue weighted by atomic mass is 10.0. The summed E-state index contributed by atoms with van der Waals surface area (Å²) < 4.78 is 5.15. The van der Waals surface area contributed by atoms with Gasteiger partial charge in [-0.2, -0.15) is 10.0 Å². The van der Waals surface area contributed by atoms with Gasteiger partial charge in [0.25, 0.3) is 0 Å². The Bertz CT molecular complexity index is 554. The highest BCUT2D eigenvalue weighted by Crippen LogP contribution is 2.45. The summed E-state index contributed by atoms with van der Waals surface area (Å²) in [6, 6.07) is 7.96. The molecule has 0 saturated heterocycles. The molecule has 3 heteroatoms. The smallest absolute Gasteiger partial charge is 0.133 e. The minimum Gasteiger partial charge on any atom is -0.497 e. The predicted octanol–water partition coefficient (Wildman–Crippen LogP) is 5.58. The van der Waals surface area contributed by atoms with E-state index in [0.717, 1.165) is 31.4 Å². The van der Waals surface area contributed by atoms with Crippen molar-refractivity contribution >= 4 is 15.8 Å². The molecule has 0 spiro atoms. The van der Waals surface area contributed by atoms with Crippen LogP contribution in [-0.2, 0) is 11.2 Å². The number of rotatable bonds is 11. The number of unbranched alkanes of at least 4 members (excludes halogenated alkanes) is 2. The monoisotopic (exact) mass is 362 g/mol. The molecule has 0 N–H and O–H groups in total. The maximum absolute atomic E-state index is 12.0. The van der Waals surface area contributed by atoms with Crippen molar-refractivity contribution in [2.45, 2.75) is 59.3 Å². The lowest BCUT2D eigenvalue weighted by Crippen LogP contribution is -2.05. The molecule has 2 nitrogen and oxygen atoms in total. The molecule has 0 heterocycles. The van der Waals surface area contributed by atoms with Crippen LogP contribution in [0.15, 0.2) is 24.3 Å². The number of carbonyl (C=O) groups excluding carboxylic acids is 1. The maximum Gasteiger partial charge on any atom is 0.133 e. The number of ketones is 1. The molecular formula is C22H34O2S. The van der Waals surface area contributed by atoms with E-state index in [0.29, 0.717) is 18.6 Å². The average molecular weight is 363 g/mol. The first-order valence-electron chi connectivity index (χ1n) is 9.49. The Balaban J connectivity index is 2.22. The van der Waals surface area contributed by atoms with Crippen molar-refractivity contribution in [3.63, 3.8) is 0 Å². The van der Waals surface area contributed by atoms with Gasteiger partial charge in [-0.25, -0.2) is 0 Å². The summed E-state index contributed by atoms with van der Waals surface area (Å²) in [5, 5.41) is 3.56. The number of hydrogen-bond donors (Lipinski definition) is 0. The first-order chi connectivity index (χ1) is 12.1. The zero-order chi connectivity index (χ0) is 18.5. The minimum absolute atomic E-state index is 0.361. The van der Waals surface area contributed by atoms with E-state index < -0.39 is 10.0 Å². The molecule has 0 aliphatic rings. The second-order valence-corrected chi connectivity index (χ2v) is 10.3. The molecule has 0 aromatic heterocycles. The highest BCUT2D eigenvalue weighted by molar-refractivity contribution is 8.37. The Morgan fingerprint density at radius 3 is 2.20 bits per heavy atom. The van der Waals surface area contributed by atoms with E-state index in [1.165, 1.54) is 22.8 Å². The van der Waals surface area contributed by atoms with Gasteiger partial charge in [-0.15, -0.1) is 0 Å². The summed E-state index contributed by atoms with van der Waals surface area (Å²) in [6.07, 6.45) is 5.06. The highest BCUT2D eigenvalue weighted by atomic mass is 32.3. The van der Waals surface area contributed by atoms with Crippen LogP contribution >= 0.6 is 10.0 Å². The second kappa shape index (κ2) is 12.0. The zero-order valence-electron chi connectivity index (χ0n) is 16.4. The number of aryl methyl sites for hydroxylation is 1. The van der Waals surface area contributed by atoms with E-state index in [2.05, 4.69) is 31.9 Å². The molecule has 0 atom stereocenters. The van der Waals surface area contributed by atoms with Gasteiger partial charge in [-0.1, -0.05) is 44.1 Å². The summed E-state index contributed by atoms with van der Waals surface area (Å²) in [6.45, 7) is 6.79. The molecule has 0 unspecified atom stereocenters. The van der Waals surface area contributed by atoms with Gasteiger partial charge in [0, 0.05) is 19.3 Å². The Morgan fingerprint density at radius 1 is 1.00 bits per heavy atom. The molecular weight excluding hydrogens is 328 g/mol. The molecule has 0 radical (unpaired) electrons. The maximum atomic E-state index is 12.0. The van der Waals surface area contributed by atoms with Crippen LogP contribution < -0.4 is 4.74 Å². The van der Waals surface area contributed by atoms with Crippen LogP contribution in [0.4, 0.5) is 0 Å². The van der Waals surface area contributed by atoms with Gasteiger partial charge in [0.1, 0.15) is 11.5 Å². The molecule has 0 aliphatic carbocycles. The standard InChI is InChI=1S/C22H34O2S/c1-5-25(6-2,7-3)19-11-9-8-10-12-21(23)16-13-20-14-17-22(24-4)18-15-20/h14-15,17-18H,5-10,12-13,16H2,1-4H3. The average Bonchev–Trinajstić information content (AvgIpc) is 2.67. The first kappa shape index (κ1) is 21.6. The first-order valence-corrected chi connectivity index (χ1v) is 11.6. The summed E-state index contributed by atoms with van der Waals surface area (Å²) >= 11 is 0. The van der Waals surface area contributed by atoms with E-state index in [4.69, 9.17) is 4.74 Å². The third-order valence-corrected chi connectivity index (χ3v) is 8.70. The number of methoxy groups -OCH3 is 1. The Morgan fingerprint density at radius 2 is 1.64 bits per heavy atom. The quantitative estimate of drug-likeness (QED) is 0.379. The lowest BCUT2D eigenvalue weighted by molar-refractivity contribution is -0.119. The van der Waals surface area contributed by atoms with E-state index >= 15 is 0 Å². The van der Waals surface area contributed by atoms with Crippen molar-refractivity contribution in [1.82, 2.24) is 0 Å². The van der Waals surface area contributed by atoms with Gasteiger partial charge in [-0.3, -0.25) is 4.79 Å². The predicted molar refractivity (Wildman–Crippen MR) is 112 cm³/mol. The molecule has 25 heavy (non-hydrogen) atoms. The van der Waals surface area contributed by atoms with Crippen LogP contribution in [0.25, 0.3) is 0 Å². The fraction of sp³-hybridized carbons (Fsp3) is 0.591. The molecule has 1 rings (SSSR count). The van der Waals surface area contributed by atoms with Crippen LogP contribution in [0.3, 0.4) is 0 Å². The topological polar surface area (TPSA) is 26.3 Å². The molecule has 0 aliphatic heterocycles. The van der Waals surface area contributed by atoms with Gasteiger partial charge in [0.2, 0.25) is 0 Å². The number of Topliss-reactive ketones (excluding diaryl/α,β-unsaturated/α-hetero) is 1. The van der Waals surface area contributed by atoms with Gasteiger partial charge in [0.05, 0.1) is 7.11 Å². The van der Waals surface area contributed by atoms with Crippen LogP contribution in [0.5, 0.6) is 5.75 Å². The number of ether oxygens (including phenoxy) is 1. The fourth-order valence-corrected chi connectivity index (χ4v) is 4.84. The van der Waals surface area contributed by atoms with Crippen LogP contribution in [0.2, 0.25) is 0 Å². The Hall–Kier alpha value is -1.40. The third-order valence-electron chi connectivity index (χ3n) is 4.81. The van der Waals surface area contributed by atoms with Gasteiger partial charge in [0.15, 0.2) is 0 Å². The lowest BCUT2D eigenvalue weighted by Gasteiger charge is -2.30. The number of hydrogen-bond acceptors (Lipinski definition) is 2. The van der Waals surface area contributed by atoms with Crippen molar-refractivity contribution in [1.29, 1.82) is 0 Å². The van der Waals surface area contributed by atoms with Gasteiger partial charge < -0.3 is 4.74 Å². The van der Waals surface area contributed by atoms with Crippen LogP contribution in [0, 0.1) is 11.2 Å². The largest absolute Gasteiger partial charge is 0.497 e. The Kier molecular flexibility index (Phi) is 10.4.